The minimum atomic E-state index is -3.48. The molecule has 9 heteroatoms. The van der Waals surface area contributed by atoms with E-state index in [0.717, 1.165) is 4.90 Å². The van der Waals surface area contributed by atoms with Gasteiger partial charge in [0.25, 0.3) is 5.91 Å². The van der Waals surface area contributed by atoms with Crippen LogP contribution in [0.4, 0.5) is 0 Å². The second-order valence-corrected chi connectivity index (χ2v) is 7.43. The average molecular weight is 356 g/mol. The van der Waals surface area contributed by atoms with E-state index in [-0.39, 0.29) is 23.9 Å². The first-order valence-electron chi connectivity index (χ1n) is 7.66. The van der Waals surface area contributed by atoms with Crippen LogP contribution in [-0.4, -0.2) is 71.0 Å². The zero-order valence-corrected chi connectivity index (χ0v) is 14.3. The molecule has 0 atom stereocenters. The first-order chi connectivity index (χ1) is 11.4. The van der Waals surface area contributed by atoms with E-state index in [1.807, 2.05) is 0 Å². The molecular formula is C15H22N3O5S+. The number of rotatable bonds is 6. The Balaban J connectivity index is 1.83. The number of ether oxygens (including phenoxy) is 1. The van der Waals surface area contributed by atoms with E-state index >= 15 is 0 Å². The van der Waals surface area contributed by atoms with Crippen LogP contribution in [0.2, 0.25) is 0 Å². The quantitative estimate of drug-likeness (QED) is 0.568. The van der Waals surface area contributed by atoms with Crippen LogP contribution in [-0.2, 0) is 24.3 Å². The number of esters is 1. The van der Waals surface area contributed by atoms with Crippen LogP contribution >= 0.6 is 0 Å². The highest BCUT2D eigenvalue weighted by molar-refractivity contribution is 7.89. The molecule has 1 aromatic rings. The molecule has 1 aliphatic heterocycles. The number of sulfonamides is 1. The molecular weight excluding hydrogens is 334 g/mol. The molecule has 0 radical (unpaired) electrons. The van der Waals surface area contributed by atoms with Gasteiger partial charge in [0.05, 0.1) is 38.2 Å². The van der Waals surface area contributed by atoms with Crippen molar-refractivity contribution in [3.8, 4) is 0 Å². The fraction of sp³-hybridized carbons (Fsp3) is 0.467. The maximum absolute atomic E-state index is 12.5. The average Bonchev–Trinajstić information content (AvgIpc) is 2.61. The molecule has 24 heavy (non-hydrogen) atoms. The molecule has 0 aliphatic carbocycles. The molecule has 1 aliphatic rings. The Morgan fingerprint density at radius 1 is 1.21 bits per heavy atom. The van der Waals surface area contributed by atoms with E-state index in [1.165, 1.54) is 11.4 Å². The normalized spacial score (nSPS) is 16.5. The lowest BCUT2D eigenvalue weighted by atomic mass is 10.3. The minimum Gasteiger partial charge on any atom is -0.468 e. The summed E-state index contributed by atoms with van der Waals surface area (Å²) in [6.07, 6.45) is 0. The summed E-state index contributed by atoms with van der Waals surface area (Å²) in [6.45, 7) is 1.84. The molecule has 1 saturated heterocycles. The number of hydrogen-bond acceptors (Lipinski definition) is 5. The van der Waals surface area contributed by atoms with E-state index in [1.54, 1.807) is 30.3 Å². The Morgan fingerprint density at radius 3 is 2.42 bits per heavy atom. The molecule has 1 heterocycles. The van der Waals surface area contributed by atoms with Crippen molar-refractivity contribution in [3.05, 3.63) is 30.3 Å². The van der Waals surface area contributed by atoms with Crippen LogP contribution in [0, 0.1) is 0 Å². The second-order valence-electron chi connectivity index (χ2n) is 5.50. The van der Waals surface area contributed by atoms with E-state index in [0.29, 0.717) is 26.2 Å². The van der Waals surface area contributed by atoms with Gasteiger partial charge in [-0.15, -0.1) is 0 Å². The standard InChI is InChI=1S/C15H21N3O5S/c1-23-15(20)11-16-14(19)12-17-7-9-18(10-8-17)24(21,22)13-5-3-2-4-6-13/h2-6H,7-12H2,1H3,(H,16,19)/p+1. The lowest BCUT2D eigenvalue weighted by molar-refractivity contribution is -0.895. The molecule has 1 fully saturated rings. The fourth-order valence-corrected chi connectivity index (χ4v) is 3.96. The number of methoxy groups -OCH3 is 1. The molecule has 0 saturated carbocycles. The SMILES string of the molecule is COC(=O)CNC(=O)C[NH+]1CCN(S(=O)(=O)c2ccccc2)CC1. The first kappa shape index (κ1) is 18.4. The topological polar surface area (TPSA) is 97.2 Å². The Hall–Kier alpha value is -1.97. The van der Waals surface area contributed by atoms with Crippen LogP contribution in [0.3, 0.4) is 0 Å². The summed E-state index contributed by atoms with van der Waals surface area (Å²) in [4.78, 5) is 24.0. The monoisotopic (exact) mass is 356 g/mol. The molecule has 0 unspecified atom stereocenters. The smallest absolute Gasteiger partial charge is 0.325 e. The van der Waals surface area contributed by atoms with E-state index in [2.05, 4.69) is 10.1 Å². The highest BCUT2D eigenvalue weighted by Crippen LogP contribution is 2.14. The third-order valence-electron chi connectivity index (χ3n) is 3.88. The van der Waals surface area contributed by atoms with Crippen molar-refractivity contribution in [1.29, 1.82) is 0 Å². The van der Waals surface area contributed by atoms with Crippen LogP contribution in [0.25, 0.3) is 0 Å². The predicted octanol–water partition coefficient (Wildman–Crippen LogP) is -2.13. The van der Waals surface area contributed by atoms with Gasteiger partial charge in [0, 0.05) is 0 Å². The Morgan fingerprint density at radius 2 is 1.83 bits per heavy atom. The van der Waals surface area contributed by atoms with Crippen LogP contribution in [0.15, 0.2) is 35.2 Å². The van der Waals surface area contributed by atoms with Gasteiger partial charge in [0.15, 0.2) is 6.54 Å². The summed E-state index contributed by atoms with van der Waals surface area (Å²) >= 11 is 0. The number of benzene rings is 1. The molecule has 8 nitrogen and oxygen atoms in total. The van der Waals surface area contributed by atoms with Gasteiger partial charge in [0.1, 0.15) is 6.54 Å². The summed E-state index contributed by atoms with van der Waals surface area (Å²) in [6, 6.07) is 8.32. The zero-order chi connectivity index (χ0) is 17.6. The van der Waals surface area contributed by atoms with Gasteiger partial charge >= 0.3 is 5.97 Å². The Kier molecular flexibility index (Phi) is 6.29. The molecule has 0 aromatic heterocycles. The van der Waals surface area contributed by atoms with Gasteiger partial charge in [-0.3, -0.25) is 9.59 Å². The van der Waals surface area contributed by atoms with E-state index in [9.17, 15) is 18.0 Å². The first-order valence-corrected chi connectivity index (χ1v) is 9.10. The molecule has 1 amide bonds. The predicted molar refractivity (Wildman–Crippen MR) is 85.8 cm³/mol. The molecule has 0 bridgehead atoms. The third-order valence-corrected chi connectivity index (χ3v) is 5.79. The van der Waals surface area contributed by atoms with Crippen molar-refractivity contribution in [1.82, 2.24) is 9.62 Å². The maximum Gasteiger partial charge on any atom is 0.325 e. The molecule has 0 spiro atoms. The fourth-order valence-electron chi connectivity index (χ4n) is 2.49. The Labute approximate surface area is 141 Å². The van der Waals surface area contributed by atoms with E-state index in [4.69, 9.17) is 0 Å². The van der Waals surface area contributed by atoms with Gasteiger partial charge in [-0.1, -0.05) is 18.2 Å². The van der Waals surface area contributed by atoms with Crippen molar-refractivity contribution in [3.63, 3.8) is 0 Å². The molecule has 132 valence electrons. The highest BCUT2D eigenvalue weighted by Gasteiger charge is 2.30. The summed E-state index contributed by atoms with van der Waals surface area (Å²) in [5.41, 5.74) is 0. The van der Waals surface area contributed by atoms with Crippen LogP contribution in [0.5, 0.6) is 0 Å². The van der Waals surface area contributed by atoms with Crippen molar-refractivity contribution in [2.75, 3.05) is 46.4 Å². The number of amides is 1. The second kappa shape index (κ2) is 8.22. The minimum absolute atomic E-state index is 0.156. The number of nitrogens with one attached hydrogen (secondary N) is 2. The number of piperazine rings is 1. The molecule has 2 N–H and O–H groups in total. The highest BCUT2D eigenvalue weighted by atomic mass is 32.2. The summed E-state index contributed by atoms with van der Waals surface area (Å²) in [7, 11) is -2.22. The number of carbonyl (C=O) groups is 2. The largest absolute Gasteiger partial charge is 0.468 e. The lowest BCUT2D eigenvalue weighted by Gasteiger charge is -2.31. The number of hydrogen-bond donors (Lipinski definition) is 2. The van der Waals surface area contributed by atoms with Gasteiger partial charge in [-0.25, -0.2) is 8.42 Å². The summed E-state index contributed by atoms with van der Waals surface area (Å²) in [5.74, 6) is -0.758. The molecule has 2 rings (SSSR count). The van der Waals surface area contributed by atoms with Gasteiger partial charge in [-0.05, 0) is 12.1 Å². The number of nitrogens with zero attached hydrogens (tertiary/aromatic N) is 1. The third kappa shape index (κ3) is 4.76. The summed E-state index contributed by atoms with van der Waals surface area (Å²) in [5, 5.41) is 2.48. The zero-order valence-electron chi connectivity index (χ0n) is 13.5. The van der Waals surface area contributed by atoms with E-state index < -0.39 is 16.0 Å². The van der Waals surface area contributed by atoms with Crippen molar-refractivity contribution >= 4 is 21.9 Å². The summed E-state index contributed by atoms with van der Waals surface area (Å²) < 4.78 is 30.9. The lowest BCUT2D eigenvalue weighted by Crippen LogP contribution is -3.15. The van der Waals surface area contributed by atoms with Crippen LogP contribution in [0.1, 0.15) is 0 Å². The number of quaternary nitrogens is 1. The van der Waals surface area contributed by atoms with Crippen molar-refractivity contribution in [2.24, 2.45) is 0 Å². The van der Waals surface area contributed by atoms with Crippen LogP contribution < -0.4 is 10.2 Å². The van der Waals surface area contributed by atoms with Crippen molar-refractivity contribution in [2.45, 2.75) is 4.90 Å². The van der Waals surface area contributed by atoms with Gasteiger partial charge in [-0.2, -0.15) is 4.31 Å². The van der Waals surface area contributed by atoms with Crippen molar-refractivity contribution < 1.29 is 27.6 Å². The maximum atomic E-state index is 12.5. The molecule has 1 aromatic carbocycles. The van der Waals surface area contributed by atoms with Gasteiger partial charge in [0.2, 0.25) is 10.0 Å². The number of carbonyl (C=O) groups excluding carboxylic acids is 2. The van der Waals surface area contributed by atoms with Gasteiger partial charge < -0.3 is 15.0 Å². The Bertz CT molecular complexity index is 670.